The summed E-state index contributed by atoms with van der Waals surface area (Å²) in [6.45, 7) is 6.97. The first-order chi connectivity index (χ1) is 10.1. The van der Waals surface area contributed by atoms with Crippen molar-refractivity contribution in [2.45, 2.75) is 50.7 Å². The van der Waals surface area contributed by atoms with Gasteiger partial charge >= 0.3 is 0 Å². The van der Waals surface area contributed by atoms with Gasteiger partial charge < -0.3 is 5.11 Å². The number of hydrogen-bond acceptors (Lipinski definition) is 3. The van der Waals surface area contributed by atoms with Crippen molar-refractivity contribution >= 4 is 11.8 Å². The van der Waals surface area contributed by atoms with Crippen molar-refractivity contribution in [2.24, 2.45) is 0 Å². The number of thioether (sulfide) groups is 1. The molecule has 0 aliphatic carbocycles. The summed E-state index contributed by atoms with van der Waals surface area (Å²) in [5, 5.41) is 14.8. The molecule has 1 aromatic heterocycles. The first-order valence-corrected chi connectivity index (χ1v) is 8.54. The molecule has 21 heavy (non-hydrogen) atoms. The number of aliphatic hydroxyl groups excluding tert-OH is 1. The third-order valence-electron chi connectivity index (χ3n) is 4.35. The molecular formula is C17H22N2OS. The molecule has 4 heteroatoms. The van der Waals surface area contributed by atoms with Crippen molar-refractivity contribution in [3.63, 3.8) is 0 Å². The van der Waals surface area contributed by atoms with Crippen molar-refractivity contribution < 1.29 is 5.11 Å². The van der Waals surface area contributed by atoms with Crippen LogP contribution < -0.4 is 0 Å². The zero-order chi connectivity index (χ0) is 15.0. The second-order valence-corrected chi connectivity index (χ2v) is 6.80. The van der Waals surface area contributed by atoms with Gasteiger partial charge in [0.05, 0.1) is 11.8 Å². The molecule has 2 aromatic rings. The number of aliphatic hydroxyl groups is 1. The summed E-state index contributed by atoms with van der Waals surface area (Å²) >= 11 is 1.93. The van der Waals surface area contributed by atoms with Gasteiger partial charge in [-0.2, -0.15) is 5.10 Å². The van der Waals surface area contributed by atoms with Gasteiger partial charge in [0.15, 0.2) is 0 Å². The van der Waals surface area contributed by atoms with Crippen LogP contribution in [0.4, 0.5) is 0 Å². The van der Waals surface area contributed by atoms with Crippen LogP contribution in [-0.4, -0.2) is 20.6 Å². The van der Waals surface area contributed by atoms with Gasteiger partial charge in [-0.1, -0.05) is 25.1 Å². The molecule has 1 aromatic carbocycles. The fraction of sp³-hybridized carbons (Fsp3) is 0.471. The molecule has 1 aliphatic heterocycles. The van der Waals surface area contributed by atoms with Crippen molar-refractivity contribution in [1.29, 1.82) is 0 Å². The van der Waals surface area contributed by atoms with Crippen LogP contribution in [0.25, 0.3) is 0 Å². The fourth-order valence-electron chi connectivity index (χ4n) is 3.16. The standard InChI is InChI=1S/C17H22N2OS/c1-4-15(20)17-11(2)18-19(12(17)3)9-13-10-21-16-8-6-5-7-14(13)16/h5-8,13,15,20H,4,9-10H2,1-3H3. The van der Waals surface area contributed by atoms with E-state index in [9.17, 15) is 5.11 Å². The third-order valence-corrected chi connectivity index (χ3v) is 5.60. The molecule has 0 fully saturated rings. The number of nitrogens with zero attached hydrogens (tertiary/aromatic N) is 2. The Morgan fingerprint density at radius 2 is 2.14 bits per heavy atom. The van der Waals surface area contributed by atoms with E-state index in [2.05, 4.69) is 41.0 Å². The zero-order valence-corrected chi connectivity index (χ0v) is 13.7. The molecule has 0 saturated heterocycles. The van der Waals surface area contributed by atoms with Gasteiger partial charge in [0.2, 0.25) is 0 Å². The number of hydrogen-bond donors (Lipinski definition) is 1. The molecule has 0 radical (unpaired) electrons. The zero-order valence-electron chi connectivity index (χ0n) is 12.8. The minimum Gasteiger partial charge on any atom is -0.388 e. The lowest BCUT2D eigenvalue weighted by atomic mass is 10.0. The second kappa shape index (κ2) is 5.85. The van der Waals surface area contributed by atoms with Crippen LogP contribution in [0.2, 0.25) is 0 Å². The highest BCUT2D eigenvalue weighted by molar-refractivity contribution is 7.99. The summed E-state index contributed by atoms with van der Waals surface area (Å²) in [5.74, 6) is 1.62. The average molecular weight is 302 g/mol. The summed E-state index contributed by atoms with van der Waals surface area (Å²) in [6.07, 6.45) is 0.333. The van der Waals surface area contributed by atoms with E-state index in [-0.39, 0.29) is 0 Å². The van der Waals surface area contributed by atoms with Crippen LogP contribution in [0.5, 0.6) is 0 Å². The summed E-state index contributed by atoms with van der Waals surface area (Å²) in [5.41, 5.74) is 4.51. The van der Waals surface area contributed by atoms with E-state index >= 15 is 0 Å². The van der Waals surface area contributed by atoms with E-state index in [0.717, 1.165) is 35.7 Å². The Bertz CT molecular complexity index is 650. The van der Waals surface area contributed by atoms with Crippen LogP contribution in [0.15, 0.2) is 29.2 Å². The van der Waals surface area contributed by atoms with Gasteiger partial charge in [-0.15, -0.1) is 11.8 Å². The van der Waals surface area contributed by atoms with Crippen LogP contribution in [0, 0.1) is 13.8 Å². The maximum absolute atomic E-state index is 10.2. The minimum atomic E-state index is -0.399. The Kier molecular flexibility index (Phi) is 4.09. The summed E-state index contributed by atoms with van der Waals surface area (Å²) < 4.78 is 2.08. The maximum atomic E-state index is 10.2. The first kappa shape index (κ1) is 14.7. The van der Waals surface area contributed by atoms with Crippen LogP contribution in [0.1, 0.15) is 47.9 Å². The minimum absolute atomic E-state index is 0.399. The van der Waals surface area contributed by atoms with E-state index < -0.39 is 6.10 Å². The SMILES string of the molecule is CCC(O)c1c(C)nn(CC2CSc3ccccc32)c1C. The summed E-state index contributed by atoms with van der Waals surface area (Å²) in [6, 6.07) is 8.65. The lowest BCUT2D eigenvalue weighted by Crippen LogP contribution is -2.12. The molecule has 112 valence electrons. The fourth-order valence-corrected chi connectivity index (χ4v) is 4.41. The maximum Gasteiger partial charge on any atom is 0.0823 e. The molecule has 2 heterocycles. The molecule has 2 unspecified atom stereocenters. The first-order valence-electron chi connectivity index (χ1n) is 7.55. The highest BCUT2D eigenvalue weighted by Gasteiger charge is 2.25. The molecule has 0 bridgehead atoms. The lowest BCUT2D eigenvalue weighted by molar-refractivity contribution is 0.172. The quantitative estimate of drug-likeness (QED) is 0.932. The molecule has 1 aliphatic rings. The normalized spacial score (nSPS) is 18.8. The summed E-state index contributed by atoms with van der Waals surface area (Å²) in [4.78, 5) is 1.40. The van der Waals surface area contributed by atoms with Gasteiger partial charge in [0.1, 0.15) is 0 Å². The number of aromatic nitrogens is 2. The van der Waals surface area contributed by atoms with Gasteiger partial charge in [-0.05, 0) is 31.9 Å². The van der Waals surface area contributed by atoms with Crippen molar-refractivity contribution in [2.75, 3.05) is 5.75 Å². The van der Waals surface area contributed by atoms with Gasteiger partial charge in [-0.25, -0.2) is 0 Å². The number of rotatable bonds is 4. The van der Waals surface area contributed by atoms with E-state index in [0.29, 0.717) is 5.92 Å². The molecule has 1 N–H and O–H groups in total. The highest BCUT2D eigenvalue weighted by Crippen LogP contribution is 2.40. The molecule has 2 atom stereocenters. The second-order valence-electron chi connectivity index (χ2n) is 5.74. The Balaban J connectivity index is 1.87. The van der Waals surface area contributed by atoms with Crippen LogP contribution in [-0.2, 0) is 6.54 Å². The van der Waals surface area contributed by atoms with E-state index in [1.165, 1.54) is 10.5 Å². The molecular weight excluding hydrogens is 280 g/mol. The van der Waals surface area contributed by atoms with E-state index in [1.54, 1.807) is 0 Å². The van der Waals surface area contributed by atoms with Gasteiger partial charge in [0.25, 0.3) is 0 Å². The predicted octanol–water partition coefficient (Wildman–Crippen LogP) is 3.83. The van der Waals surface area contributed by atoms with E-state index in [4.69, 9.17) is 0 Å². The Morgan fingerprint density at radius 1 is 1.38 bits per heavy atom. The number of aryl methyl sites for hydroxylation is 1. The lowest BCUT2D eigenvalue weighted by Gasteiger charge is -2.13. The third kappa shape index (κ3) is 2.62. The largest absolute Gasteiger partial charge is 0.388 e. The number of fused-ring (bicyclic) bond motifs is 1. The molecule has 0 spiro atoms. The predicted molar refractivity (Wildman–Crippen MR) is 86.9 cm³/mol. The smallest absolute Gasteiger partial charge is 0.0823 e. The van der Waals surface area contributed by atoms with Gasteiger partial charge in [-0.3, -0.25) is 4.68 Å². The van der Waals surface area contributed by atoms with Crippen molar-refractivity contribution in [3.05, 3.63) is 46.8 Å². The highest BCUT2D eigenvalue weighted by atomic mass is 32.2. The monoisotopic (exact) mass is 302 g/mol. The molecule has 3 nitrogen and oxygen atoms in total. The molecule has 3 rings (SSSR count). The summed E-state index contributed by atoms with van der Waals surface area (Å²) in [7, 11) is 0. The Morgan fingerprint density at radius 3 is 2.90 bits per heavy atom. The Hall–Kier alpha value is -1.26. The van der Waals surface area contributed by atoms with Gasteiger partial charge in [0, 0.05) is 34.4 Å². The molecule has 0 saturated carbocycles. The van der Waals surface area contributed by atoms with Crippen molar-refractivity contribution in [3.8, 4) is 0 Å². The van der Waals surface area contributed by atoms with Crippen molar-refractivity contribution in [1.82, 2.24) is 9.78 Å². The average Bonchev–Trinajstić information content (AvgIpc) is 3.01. The van der Waals surface area contributed by atoms with Crippen LogP contribution >= 0.6 is 11.8 Å². The molecule has 0 amide bonds. The Labute approximate surface area is 130 Å². The number of benzene rings is 1. The van der Waals surface area contributed by atoms with Crippen LogP contribution in [0.3, 0.4) is 0 Å². The van der Waals surface area contributed by atoms with E-state index in [1.807, 2.05) is 25.6 Å². The topological polar surface area (TPSA) is 38.1 Å².